The highest BCUT2D eigenvalue weighted by atomic mass is 32.2. The van der Waals surface area contributed by atoms with Crippen molar-refractivity contribution in [1.82, 2.24) is 9.88 Å². The minimum absolute atomic E-state index is 0.0507. The van der Waals surface area contributed by atoms with Crippen molar-refractivity contribution >= 4 is 56.5 Å². The van der Waals surface area contributed by atoms with E-state index in [1.54, 1.807) is 11.3 Å². The maximum atomic E-state index is 12.8. The largest absolute Gasteiger partial charge is 0.368 e. The van der Waals surface area contributed by atoms with E-state index in [0.29, 0.717) is 18.8 Å². The molecule has 1 aromatic heterocycles. The average Bonchev–Trinajstić information content (AvgIpc) is 3.31. The lowest BCUT2D eigenvalue weighted by Crippen LogP contribution is -2.48. The van der Waals surface area contributed by atoms with E-state index in [2.05, 4.69) is 15.2 Å². The van der Waals surface area contributed by atoms with Crippen molar-refractivity contribution in [2.45, 2.75) is 11.3 Å². The van der Waals surface area contributed by atoms with Crippen LogP contribution in [0.15, 0.2) is 77.1 Å². The standard InChI is InChI=1S/C27H26N4O2S2/c1-19-5-4-6-20(17-19)26(33)31-15-13-30(14-16-31)22-11-9-21(10-12-22)28-25(32)18-34-27-29-23-7-2-3-8-24(23)35-27/h2-12,17H,13-16,18H2,1H3,(H,28,32). The number of benzene rings is 3. The fourth-order valence-corrected chi connectivity index (χ4v) is 5.99. The minimum atomic E-state index is -0.0507. The number of anilines is 2. The van der Waals surface area contributed by atoms with E-state index in [9.17, 15) is 9.59 Å². The Balaban J connectivity index is 1.11. The molecule has 4 aromatic rings. The number of piperazine rings is 1. The number of rotatable bonds is 6. The van der Waals surface area contributed by atoms with E-state index < -0.39 is 0 Å². The van der Waals surface area contributed by atoms with Crippen molar-refractivity contribution in [1.29, 1.82) is 0 Å². The maximum Gasteiger partial charge on any atom is 0.253 e. The predicted molar refractivity (Wildman–Crippen MR) is 145 cm³/mol. The summed E-state index contributed by atoms with van der Waals surface area (Å²) in [6.45, 7) is 4.94. The van der Waals surface area contributed by atoms with Crippen LogP contribution in [0.5, 0.6) is 0 Å². The summed E-state index contributed by atoms with van der Waals surface area (Å²) in [5, 5.41) is 2.97. The van der Waals surface area contributed by atoms with Crippen LogP contribution in [0.1, 0.15) is 15.9 Å². The topological polar surface area (TPSA) is 65.5 Å². The monoisotopic (exact) mass is 502 g/mol. The molecule has 35 heavy (non-hydrogen) atoms. The summed E-state index contributed by atoms with van der Waals surface area (Å²) < 4.78 is 2.03. The lowest BCUT2D eigenvalue weighted by atomic mass is 10.1. The Labute approximate surface area is 213 Å². The van der Waals surface area contributed by atoms with Gasteiger partial charge in [0.1, 0.15) is 0 Å². The van der Waals surface area contributed by atoms with Gasteiger partial charge in [0.2, 0.25) is 5.91 Å². The van der Waals surface area contributed by atoms with Crippen LogP contribution in [0.2, 0.25) is 0 Å². The molecule has 0 aliphatic carbocycles. The first kappa shape index (κ1) is 23.4. The third-order valence-corrected chi connectivity index (χ3v) is 8.13. The summed E-state index contributed by atoms with van der Waals surface area (Å²) in [7, 11) is 0. The molecule has 8 heteroatoms. The molecule has 1 aliphatic heterocycles. The number of aryl methyl sites for hydroxylation is 1. The molecule has 178 valence electrons. The summed E-state index contributed by atoms with van der Waals surface area (Å²) in [4.78, 5) is 34.0. The number of para-hydroxylation sites is 1. The number of fused-ring (bicyclic) bond motifs is 1. The van der Waals surface area contributed by atoms with Crippen LogP contribution in [-0.4, -0.2) is 53.6 Å². The molecule has 0 unspecified atom stereocenters. The second kappa shape index (κ2) is 10.5. The molecule has 2 amide bonds. The van der Waals surface area contributed by atoms with Gasteiger partial charge in [-0.25, -0.2) is 4.98 Å². The lowest BCUT2D eigenvalue weighted by Gasteiger charge is -2.36. The van der Waals surface area contributed by atoms with Crippen LogP contribution in [0.3, 0.4) is 0 Å². The highest BCUT2D eigenvalue weighted by Crippen LogP contribution is 2.29. The Morgan fingerprint density at radius 3 is 2.49 bits per heavy atom. The fraction of sp³-hybridized carbons (Fsp3) is 0.222. The molecule has 1 saturated heterocycles. The molecule has 0 radical (unpaired) electrons. The van der Waals surface area contributed by atoms with Gasteiger partial charge < -0.3 is 15.1 Å². The zero-order valence-electron chi connectivity index (χ0n) is 19.4. The predicted octanol–water partition coefficient (Wildman–Crippen LogP) is 5.30. The van der Waals surface area contributed by atoms with Gasteiger partial charge in [-0.2, -0.15) is 0 Å². The smallest absolute Gasteiger partial charge is 0.253 e. The van der Waals surface area contributed by atoms with Gasteiger partial charge in [0.15, 0.2) is 4.34 Å². The van der Waals surface area contributed by atoms with Crippen molar-refractivity contribution in [2.24, 2.45) is 0 Å². The number of amides is 2. The van der Waals surface area contributed by atoms with Crippen molar-refractivity contribution in [3.8, 4) is 0 Å². The van der Waals surface area contributed by atoms with Crippen LogP contribution in [0.4, 0.5) is 11.4 Å². The van der Waals surface area contributed by atoms with Gasteiger partial charge in [-0.1, -0.05) is 41.6 Å². The van der Waals surface area contributed by atoms with E-state index in [1.807, 2.05) is 84.6 Å². The molecule has 5 rings (SSSR count). The first-order chi connectivity index (χ1) is 17.0. The van der Waals surface area contributed by atoms with Crippen molar-refractivity contribution in [3.63, 3.8) is 0 Å². The van der Waals surface area contributed by atoms with Gasteiger partial charge in [0.25, 0.3) is 5.91 Å². The molecule has 1 aliphatic rings. The number of carbonyl (C=O) groups excluding carboxylic acids is 2. The Morgan fingerprint density at radius 1 is 0.971 bits per heavy atom. The van der Waals surface area contributed by atoms with Gasteiger partial charge >= 0.3 is 0 Å². The number of nitrogens with zero attached hydrogens (tertiary/aromatic N) is 3. The molecule has 6 nitrogen and oxygen atoms in total. The highest BCUT2D eigenvalue weighted by Gasteiger charge is 2.22. The first-order valence-corrected chi connectivity index (χ1v) is 13.3. The second-order valence-corrected chi connectivity index (χ2v) is 10.7. The Bertz CT molecular complexity index is 1310. The summed E-state index contributed by atoms with van der Waals surface area (Å²) in [6.07, 6.45) is 0. The first-order valence-electron chi connectivity index (χ1n) is 11.5. The Kier molecular flexibility index (Phi) is 7.01. The quantitative estimate of drug-likeness (QED) is 0.363. The number of aromatic nitrogens is 1. The van der Waals surface area contributed by atoms with E-state index in [-0.39, 0.29) is 11.8 Å². The maximum absolute atomic E-state index is 12.8. The number of thioether (sulfide) groups is 1. The van der Waals surface area contributed by atoms with E-state index in [4.69, 9.17) is 0 Å². The van der Waals surface area contributed by atoms with E-state index in [1.165, 1.54) is 11.8 Å². The summed E-state index contributed by atoms with van der Waals surface area (Å²) in [5.41, 5.74) is 4.68. The molecule has 0 saturated carbocycles. The Hall–Kier alpha value is -3.36. The zero-order chi connectivity index (χ0) is 24.2. The third-order valence-electron chi connectivity index (χ3n) is 5.95. The van der Waals surface area contributed by atoms with E-state index in [0.717, 1.165) is 50.1 Å². The molecule has 0 atom stereocenters. The van der Waals surface area contributed by atoms with Gasteiger partial charge in [0, 0.05) is 43.1 Å². The number of thiazole rings is 1. The average molecular weight is 503 g/mol. The summed E-state index contributed by atoms with van der Waals surface area (Å²) >= 11 is 3.06. The van der Waals surface area contributed by atoms with Crippen LogP contribution in [0, 0.1) is 6.92 Å². The fourth-order valence-electron chi connectivity index (χ4n) is 4.12. The molecular formula is C27H26N4O2S2. The van der Waals surface area contributed by atoms with Crippen LogP contribution < -0.4 is 10.2 Å². The summed E-state index contributed by atoms with van der Waals surface area (Å²) in [5.74, 6) is 0.360. The molecular weight excluding hydrogens is 476 g/mol. The second-order valence-electron chi connectivity index (χ2n) is 8.48. The van der Waals surface area contributed by atoms with Crippen LogP contribution >= 0.6 is 23.1 Å². The SMILES string of the molecule is Cc1cccc(C(=O)N2CCN(c3ccc(NC(=O)CSc4nc5ccccc5s4)cc3)CC2)c1. The van der Waals surface area contributed by atoms with Crippen molar-refractivity contribution < 1.29 is 9.59 Å². The van der Waals surface area contributed by atoms with Gasteiger partial charge in [0.05, 0.1) is 16.0 Å². The van der Waals surface area contributed by atoms with Gasteiger partial charge in [-0.3, -0.25) is 9.59 Å². The molecule has 3 aromatic carbocycles. The number of hydrogen-bond donors (Lipinski definition) is 1. The molecule has 1 fully saturated rings. The number of nitrogens with one attached hydrogen (secondary N) is 1. The van der Waals surface area contributed by atoms with Crippen molar-refractivity contribution in [3.05, 3.63) is 83.9 Å². The minimum Gasteiger partial charge on any atom is -0.368 e. The molecule has 0 spiro atoms. The molecule has 2 heterocycles. The van der Waals surface area contributed by atoms with Gasteiger partial charge in [-0.15, -0.1) is 11.3 Å². The van der Waals surface area contributed by atoms with Crippen LogP contribution in [0.25, 0.3) is 10.2 Å². The van der Waals surface area contributed by atoms with Crippen molar-refractivity contribution in [2.75, 3.05) is 42.1 Å². The third kappa shape index (κ3) is 5.66. The van der Waals surface area contributed by atoms with Gasteiger partial charge in [-0.05, 0) is 55.5 Å². The molecule has 0 bridgehead atoms. The summed E-state index contributed by atoms with van der Waals surface area (Å²) in [6, 6.07) is 23.7. The Morgan fingerprint density at radius 2 is 1.74 bits per heavy atom. The number of carbonyl (C=O) groups is 2. The lowest BCUT2D eigenvalue weighted by molar-refractivity contribution is -0.113. The highest BCUT2D eigenvalue weighted by molar-refractivity contribution is 8.01. The number of hydrogen-bond acceptors (Lipinski definition) is 6. The van der Waals surface area contributed by atoms with E-state index >= 15 is 0 Å². The molecule has 1 N–H and O–H groups in total. The normalized spacial score (nSPS) is 13.7. The zero-order valence-corrected chi connectivity index (χ0v) is 21.1. The van der Waals surface area contributed by atoms with Crippen LogP contribution in [-0.2, 0) is 4.79 Å².